The van der Waals surface area contributed by atoms with Gasteiger partial charge in [-0.25, -0.2) is 9.07 Å². The minimum absolute atomic E-state index is 0.00378. The van der Waals surface area contributed by atoms with Crippen molar-refractivity contribution in [3.63, 3.8) is 0 Å². The summed E-state index contributed by atoms with van der Waals surface area (Å²) in [5.74, 6) is -1.85. The summed E-state index contributed by atoms with van der Waals surface area (Å²) in [6, 6.07) is 4.41. The first-order valence-electron chi connectivity index (χ1n) is 7.75. The summed E-state index contributed by atoms with van der Waals surface area (Å²) in [5.41, 5.74) is -0.518. The number of halogens is 4. The summed E-state index contributed by atoms with van der Waals surface area (Å²) >= 11 is 0. The minimum atomic E-state index is -4.79. The van der Waals surface area contributed by atoms with Crippen molar-refractivity contribution in [2.75, 3.05) is 0 Å². The van der Waals surface area contributed by atoms with Gasteiger partial charge in [0.1, 0.15) is 5.82 Å². The Bertz CT molecular complexity index is 962. The topological polar surface area (TPSA) is 77.6 Å². The van der Waals surface area contributed by atoms with E-state index >= 15 is 0 Å². The Morgan fingerprint density at radius 2 is 2.04 bits per heavy atom. The lowest BCUT2D eigenvalue weighted by Gasteiger charge is -2.09. The number of aromatic nitrogens is 5. The number of alkyl halides is 3. The molecule has 1 amide bonds. The predicted octanol–water partition coefficient (Wildman–Crippen LogP) is 2.15. The van der Waals surface area contributed by atoms with Gasteiger partial charge in [0.05, 0.1) is 30.5 Å². The molecule has 27 heavy (non-hydrogen) atoms. The zero-order valence-corrected chi connectivity index (χ0v) is 14.0. The fourth-order valence-electron chi connectivity index (χ4n) is 2.37. The van der Waals surface area contributed by atoms with Crippen molar-refractivity contribution in [1.82, 2.24) is 30.1 Å². The van der Waals surface area contributed by atoms with E-state index < -0.39 is 23.5 Å². The summed E-state index contributed by atoms with van der Waals surface area (Å²) in [7, 11) is 1.75. The molecular formula is C16H14F4N6O. The maximum absolute atomic E-state index is 13.3. The van der Waals surface area contributed by atoms with Crippen molar-refractivity contribution >= 4 is 5.91 Å². The Morgan fingerprint density at radius 1 is 1.26 bits per heavy atom. The lowest BCUT2D eigenvalue weighted by molar-refractivity contribution is -0.140. The number of aryl methyl sites for hydroxylation is 1. The van der Waals surface area contributed by atoms with Gasteiger partial charge in [0.25, 0.3) is 5.91 Å². The average molecular weight is 382 g/mol. The van der Waals surface area contributed by atoms with Crippen LogP contribution >= 0.6 is 0 Å². The predicted molar refractivity (Wildman–Crippen MR) is 84.9 cm³/mol. The molecule has 0 radical (unpaired) electrons. The van der Waals surface area contributed by atoms with Gasteiger partial charge in [-0.2, -0.15) is 18.3 Å². The Labute approximate surface area is 150 Å². The van der Waals surface area contributed by atoms with E-state index in [0.29, 0.717) is 11.8 Å². The summed E-state index contributed by atoms with van der Waals surface area (Å²) in [4.78, 5) is 12.1. The Morgan fingerprint density at radius 3 is 2.70 bits per heavy atom. The van der Waals surface area contributed by atoms with Crippen LogP contribution in [0.25, 0.3) is 0 Å². The molecule has 0 aliphatic rings. The van der Waals surface area contributed by atoms with Gasteiger partial charge in [-0.15, -0.1) is 5.10 Å². The second-order valence-electron chi connectivity index (χ2n) is 5.78. The standard InChI is InChI=1S/C16H14F4N6O/c1-25-5-4-11(23-25)7-21-15(27)14-9-26(24-22-14)8-10-2-3-13(17)12(6-10)16(18,19)20/h2-6,9H,7-8H2,1H3,(H,21,27). The minimum Gasteiger partial charge on any atom is -0.345 e. The molecule has 0 unspecified atom stereocenters. The zero-order chi connectivity index (χ0) is 19.6. The molecule has 0 spiro atoms. The Balaban J connectivity index is 1.66. The summed E-state index contributed by atoms with van der Waals surface area (Å²) in [5, 5.41) is 14.1. The highest BCUT2D eigenvalue weighted by Gasteiger charge is 2.34. The molecule has 0 saturated carbocycles. The molecule has 1 aromatic carbocycles. The highest BCUT2D eigenvalue weighted by atomic mass is 19.4. The van der Waals surface area contributed by atoms with E-state index in [9.17, 15) is 22.4 Å². The fraction of sp³-hybridized carbons (Fsp3) is 0.250. The van der Waals surface area contributed by atoms with E-state index in [4.69, 9.17) is 0 Å². The number of rotatable bonds is 5. The van der Waals surface area contributed by atoms with Crippen LogP contribution in [-0.4, -0.2) is 30.7 Å². The average Bonchev–Trinajstić information content (AvgIpc) is 3.22. The number of hydrogen-bond acceptors (Lipinski definition) is 4. The van der Waals surface area contributed by atoms with E-state index in [1.165, 1.54) is 16.9 Å². The van der Waals surface area contributed by atoms with Crippen LogP contribution in [0, 0.1) is 5.82 Å². The van der Waals surface area contributed by atoms with Gasteiger partial charge in [0.2, 0.25) is 0 Å². The van der Waals surface area contributed by atoms with Crippen molar-refractivity contribution in [3.05, 3.63) is 65.0 Å². The lowest BCUT2D eigenvalue weighted by Crippen LogP contribution is -2.23. The third-order valence-electron chi connectivity index (χ3n) is 3.65. The molecule has 0 aliphatic carbocycles. The monoisotopic (exact) mass is 382 g/mol. The molecule has 0 fully saturated rings. The molecular weight excluding hydrogens is 368 g/mol. The van der Waals surface area contributed by atoms with Gasteiger partial charge in [0, 0.05) is 13.2 Å². The molecule has 7 nitrogen and oxygen atoms in total. The number of amides is 1. The first-order valence-corrected chi connectivity index (χ1v) is 7.75. The van der Waals surface area contributed by atoms with Crippen molar-refractivity contribution in [2.24, 2.45) is 7.05 Å². The molecule has 11 heteroatoms. The molecule has 2 aromatic heterocycles. The lowest BCUT2D eigenvalue weighted by atomic mass is 10.1. The van der Waals surface area contributed by atoms with Crippen LogP contribution in [-0.2, 0) is 26.3 Å². The van der Waals surface area contributed by atoms with Gasteiger partial charge in [-0.3, -0.25) is 9.48 Å². The van der Waals surface area contributed by atoms with Crippen LogP contribution in [0.15, 0.2) is 36.7 Å². The second-order valence-corrected chi connectivity index (χ2v) is 5.78. The third-order valence-corrected chi connectivity index (χ3v) is 3.65. The quantitative estimate of drug-likeness (QED) is 0.686. The highest BCUT2D eigenvalue weighted by molar-refractivity contribution is 5.91. The smallest absolute Gasteiger partial charge is 0.345 e. The molecule has 142 valence electrons. The zero-order valence-electron chi connectivity index (χ0n) is 14.0. The van der Waals surface area contributed by atoms with E-state index in [1.807, 2.05) is 0 Å². The number of carbonyl (C=O) groups excluding carboxylic acids is 1. The van der Waals surface area contributed by atoms with Crippen molar-refractivity contribution in [1.29, 1.82) is 0 Å². The maximum Gasteiger partial charge on any atom is 0.419 e. The van der Waals surface area contributed by atoms with Crippen LogP contribution in [0.1, 0.15) is 27.3 Å². The molecule has 0 saturated heterocycles. The molecule has 3 rings (SSSR count). The van der Waals surface area contributed by atoms with Crippen LogP contribution in [0.3, 0.4) is 0 Å². The number of nitrogens with one attached hydrogen (secondary N) is 1. The molecule has 2 heterocycles. The van der Waals surface area contributed by atoms with Gasteiger partial charge in [-0.05, 0) is 23.8 Å². The van der Waals surface area contributed by atoms with Crippen LogP contribution in [0.5, 0.6) is 0 Å². The van der Waals surface area contributed by atoms with Crippen molar-refractivity contribution in [3.8, 4) is 0 Å². The van der Waals surface area contributed by atoms with Crippen molar-refractivity contribution in [2.45, 2.75) is 19.3 Å². The highest BCUT2D eigenvalue weighted by Crippen LogP contribution is 2.32. The second kappa shape index (κ2) is 7.17. The van der Waals surface area contributed by atoms with Crippen LogP contribution in [0.4, 0.5) is 17.6 Å². The van der Waals surface area contributed by atoms with Crippen molar-refractivity contribution < 1.29 is 22.4 Å². The maximum atomic E-state index is 13.3. The molecule has 0 aliphatic heterocycles. The number of hydrogen-bond donors (Lipinski definition) is 1. The summed E-state index contributed by atoms with van der Waals surface area (Å²) < 4.78 is 54.4. The summed E-state index contributed by atoms with van der Waals surface area (Å²) in [6.07, 6.45) is -1.76. The van der Waals surface area contributed by atoms with Gasteiger partial charge in [0.15, 0.2) is 5.69 Å². The molecule has 1 N–H and O–H groups in total. The Kier molecular flexibility index (Phi) is 4.93. The van der Waals surface area contributed by atoms with Gasteiger partial charge in [-0.1, -0.05) is 11.3 Å². The Hall–Kier alpha value is -3.24. The first kappa shape index (κ1) is 18.5. The van der Waals surface area contributed by atoms with Crippen LogP contribution in [0.2, 0.25) is 0 Å². The SMILES string of the molecule is Cn1ccc(CNC(=O)c2cn(Cc3ccc(F)c(C(F)(F)F)c3)nn2)n1. The van der Waals surface area contributed by atoms with E-state index in [2.05, 4.69) is 20.7 Å². The number of benzene rings is 1. The first-order chi connectivity index (χ1) is 12.7. The third kappa shape index (κ3) is 4.49. The van der Waals surface area contributed by atoms with E-state index in [-0.39, 0.29) is 24.3 Å². The van der Waals surface area contributed by atoms with E-state index in [1.54, 1.807) is 24.0 Å². The number of nitrogens with zero attached hydrogens (tertiary/aromatic N) is 5. The molecule has 3 aromatic rings. The fourth-order valence-corrected chi connectivity index (χ4v) is 2.37. The van der Waals surface area contributed by atoms with Gasteiger partial charge >= 0.3 is 6.18 Å². The normalized spacial score (nSPS) is 11.6. The van der Waals surface area contributed by atoms with Crippen LogP contribution < -0.4 is 5.32 Å². The van der Waals surface area contributed by atoms with E-state index in [0.717, 1.165) is 6.07 Å². The largest absolute Gasteiger partial charge is 0.419 e. The molecule has 0 bridgehead atoms. The number of carbonyl (C=O) groups is 1. The molecule has 0 atom stereocenters. The summed E-state index contributed by atoms with van der Waals surface area (Å²) in [6.45, 7) is 0.101. The van der Waals surface area contributed by atoms with Gasteiger partial charge < -0.3 is 5.32 Å².